The maximum atomic E-state index is 5.71. The van der Waals surface area contributed by atoms with Crippen LogP contribution in [-0.4, -0.2) is 51.1 Å². The van der Waals surface area contributed by atoms with Gasteiger partial charge in [-0.05, 0) is 62.7 Å². The van der Waals surface area contributed by atoms with Crippen LogP contribution in [0.4, 0.5) is 0 Å². The van der Waals surface area contributed by atoms with Crippen LogP contribution in [0.5, 0.6) is 0 Å². The average Bonchev–Trinajstić information content (AvgIpc) is 3.07. The SMILES string of the molecule is C1CC(NC2CCC3(CCOCC3)CC2)C(C2COCCN2)C1. The molecule has 0 aromatic heterocycles. The molecule has 2 aliphatic heterocycles. The van der Waals surface area contributed by atoms with Gasteiger partial charge in [-0.3, -0.25) is 0 Å². The lowest BCUT2D eigenvalue weighted by molar-refractivity contribution is -0.0107. The fourth-order valence-electron chi connectivity index (χ4n) is 5.54. The van der Waals surface area contributed by atoms with Crippen LogP contribution >= 0.6 is 0 Å². The molecule has 4 heteroatoms. The van der Waals surface area contributed by atoms with Crippen LogP contribution in [0.1, 0.15) is 57.8 Å². The Balaban J connectivity index is 1.28. The molecule has 1 spiro atoms. The molecule has 132 valence electrons. The maximum Gasteiger partial charge on any atom is 0.0623 e. The van der Waals surface area contributed by atoms with Crippen molar-refractivity contribution in [2.45, 2.75) is 75.9 Å². The van der Waals surface area contributed by atoms with Crippen LogP contribution in [0.3, 0.4) is 0 Å². The third-order valence-electron chi connectivity index (χ3n) is 7.09. The Labute approximate surface area is 141 Å². The Morgan fingerprint density at radius 1 is 0.870 bits per heavy atom. The lowest BCUT2D eigenvalue weighted by Crippen LogP contribution is -2.53. The summed E-state index contributed by atoms with van der Waals surface area (Å²) in [6, 6.07) is 2.04. The minimum absolute atomic E-state index is 0.578. The summed E-state index contributed by atoms with van der Waals surface area (Å²) in [6.45, 7) is 4.82. The summed E-state index contributed by atoms with van der Waals surface area (Å²) >= 11 is 0. The van der Waals surface area contributed by atoms with Gasteiger partial charge < -0.3 is 20.1 Å². The predicted octanol–water partition coefficient (Wildman–Crippen LogP) is 2.47. The normalized spacial score (nSPS) is 38.9. The van der Waals surface area contributed by atoms with E-state index in [-0.39, 0.29) is 0 Å². The number of ether oxygens (including phenoxy) is 2. The molecule has 2 N–H and O–H groups in total. The summed E-state index contributed by atoms with van der Waals surface area (Å²) in [5.41, 5.74) is 0.629. The molecule has 4 fully saturated rings. The Morgan fingerprint density at radius 2 is 1.70 bits per heavy atom. The minimum atomic E-state index is 0.578. The van der Waals surface area contributed by atoms with Crippen molar-refractivity contribution in [1.82, 2.24) is 10.6 Å². The average molecular weight is 322 g/mol. The first-order valence-electron chi connectivity index (χ1n) is 10.00. The molecule has 0 amide bonds. The second-order valence-corrected chi connectivity index (χ2v) is 8.39. The molecule has 4 rings (SSSR count). The highest BCUT2D eigenvalue weighted by Crippen LogP contribution is 2.44. The van der Waals surface area contributed by atoms with Crippen molar-refractivity contribution in [2.24, 2.45) is 11.3 Å². The number of nitrogens with one attached hydrogen (secondary N) is 2. The molecular formula is C19H34N2O2. The van der Waals surface area contributed by atoms with E-state index in [1.165, 1.54) is 57.8 Å². The molecule has 3 atom stereocenters. The highest BCUT2D eigenvalue weighted by atomic mass is 16.5. The van der Waals surface area contributed by atoms with Crippen molar-refractivity contribution in [2.75, 3.05) is 33.0 Å². The van der Waals surface area contributed by atoms with Crippen molar-refractivity contribution in [3.05, 3.63) is 0 Å². The van der Waals surface area contributed by atoms with E-state index in [4.69, 9.17) is 9.47 Å². The first-order chi connectivity index (χ1) is 11.3. The van der Waals surface area contributed by atoms with Crippen molar-refractivity contribution >= 4 is 0 Å². The zero-order valence-corrected chi connectivity index (χ0v) is 14.5. The number of hydrogen-bond acceptors (Lipinski definition) is 4. The Kier molecular flexibility index (Phi) is 5.24. The first-order valence-corrected chi connectivity index (χ1v) is 10.00. The van der Waals surface area contributed by atoms with Gasteiger partial charge in [0.05, 0.1) is 13.2 Å². The summed E-state index contributed by atoms with van der Waals surface area (Å²) in [6.07, 6.45) is 12.3. The van der Waals surface area contributed by atoms with Crippen LogP contribution in [0.25, 0.3) is 0 Å². The zero-order valence-electron chi connectivity index (χ0n) is 14.5. The van der Waals surface area contributed by atoms with Crippen molar-refractivity contribution < 1.29 is 9.47 Å². The fourth-order valence-corrected chi connectivity index (χ4v) is 5.54. The smallest absolute Gasteiger partial charge is 0.0623 e. The van der Waals surface area contributed by atoms with Crippen molar-refractivity contribution in [3.8, 4) is 0 Å². The van der Waals surface area contributed by atoms with Gasteiger partial charge in [0.15, 0.2) is 0 Å². The third-order valence-corrected chi connectivity index (χ3v) is 7.09. The molecular weight excluding hydrogens is 288 g/mol. The molecule has 0 aromatic carbocycles. The zero-order chi connectivity index (χ0) is 15.5. The summed E-state index contributed by atoms with van der Waals surface area (Å²) in [4.78, 5) is 0. The molecule has 0 aromatic rings. The number of hydrogen-bond donors (Lipinski definition) is 2. The van der Waals surface area contributed by atoms with Gasteiger partial charge in [-0.1, -0.05) is 6.42 Å². The minimum Gasteiger partial charge on any atom is -0.381 e. The highest BCUT2D eigenvalue weighted by molar-refractivity contribution is 4.96. The largest absolute Gasteiger partial charge is 0.381 e. The molecule has 2 heterocycles. The Hall–Kier alpha value is -0.160. The molecule has 3 unspecified atom stereocenters. The maximum absolute atomic E-state index is 5.71. The summed E-state index contributed by atoms with van der Waals surface area (Å²) in [5, 5.41) is 7.76. The highest BCUT2D eigenvalue weighted by Gasteiger charge is 2.39. The lowest BCUT2D eigenvalue weighted by atomic mass is 9.68. The molecule has 0 radical (unpaired) electrons. The molecule has 2 saturated carbocycles. The number of rotatable bonds is 3. The van der Waals surface area contributed by atoms with Crippen molar-refractivity contribution in [3.63, 3.8) is 0 Å². The quantitative estimate of drug-likeness (QED) is 0.838. The van der Waals surface area contributed by atoms with Crippen LogP contribution in [-0.2, 0) is 9.47 Å². The summed E-state index contributed by atoms with van der Waals surface area (Å²) in [7, 11) is 0. The molecule has 0 bridgehead atoms. The lowest BCUT2D eigenvalue weighted by Gasteiger charge is -2.44. The number of morpholine rings is 1. The van der Waals surface area contributed by atoms with Crippen molar-refractivity contribution in [1.29, 1.82) is 0 Å². The van der Waals surface area contributed by atoms with Gasteiger partial charge in [0.1, 0.15) is 0 Å². The fraction of sp³-hybridized carbons (Fsp3) is 1.00. The van der Waals surface area contributed by atoms with Gasteiger partial charge in [0.25, 0.3) is 0 Å². The van der Waals surface area contributed by atoms with E-state index in [1.54, 1.807) is 0 Å². The van der Waals surface area contributed by atoms with Crippen LogP contribution in [0.15, 0.2) is 0 Å². The summed E-state index contributed by atoms with van der Waals surface area (Å²) < 4.78 is 11.3. The second kappa shape index (κ2) is 7.38. The molecule has 4 nitrogen and oxygen atoms in total. The van der Waals surface area contributed by atoms with E-state index in [1.807, 2.05) is 0 Å². The Bertz CT molecular complexity index is 368. The molecule has 23 heavy (non-hydrogen) atoms. The van der Waals surface area contributed by atoms with E-state index in [0.29, 0.717) is 17.5 Å². The van der Waals surface area contributed by atoms with E-state index < -0.39 is 0 Å². The second-order valence-electron chi connectivity index (χ2n) is 8.39. The van der Waals surface area contributed by atoms with Gasteiger partial charge in [-0.15, -0.1) is 0 Å². The molecule has 4 aliphatic rings. The first kappa shape index (κ1) is 16.3. The van der Waals surface area contributed by atoms with E-state index >= 15 is 0 Å². The van der Waals surface area contributed by atoms with E-state index in [9.17, 15) is 0 Å². The van der Waals surface area contributed by atoms with E-state index in [2.05, 4.69) is 10.6 Å². The van der Waals surface area contributed by atoms with Gasteiger partial charge in [0.2, 0.25) is 0 Å². The van der Waals surface area contributed by atoms with Crippen LogP contribution < -0.4 is 10.6 Å². The van der Waals surface area contributed by atoms with Gasteiger partial charge in [-0.2, -0.15) is 0 Å². The van der Waals surface area contributed by atoms with E-state index in [0.717, 1.165) is 44.9 Å². The Morgan fingerprint density at radius 3 is 2.43 bits per heavy atom. The summed E-state index contributed by atoms with van der Waals surface area (Å²) in [5.74, 6) is 0.772. The van der Waals surface area contributed by atoms with Gasteiger partial charge >= 0.3 is 0 Å². The monoisotopic (exact) mass is 322 g/mol. The third kappa shape index (κ3) is 3.76. The predicted molar refractivity (Wildman–Crippen MR) is 91.6 cm³/mol. The molecule has 2 saturated heterocycles. The topological polar surface area (TPSA) is 42.5 Å². The molecule has 2 aliphatic carbocycles. The van der Waals surface area contributed by atoms with Gasteiger partial charge in [-0.25, -0.2) is 0 Å². The standard InChI is InChI=1S/C19H34N2O2/c1-2-16(18-14-23-13-10-20-18)17(3-1)21-15-4-6-19(7-5-15)8-11-22-12-9-19/h15-18,20-21H,1-14H2. The van der Waals surface area contributed by atoms with Crippen LogP contribution in [0, 0.1) is 11.3 Å². The van der Waals surface area contributed by atoms with Gasteiger partial charge in [0, 0.05) is 37.9 Å². The van der Waals surface area contributed by atoms with Crippen LogP contribution in [0.2, 0.25) is 0 Å².